The molecule has 0 saturated carbocycles. The van der Waals surface area contributed by atoms with Gasteiger partial charge in [-0.3, -0.25) is 9.69 Å². The van der Waals surface area contributed by atoms with Crippen LogP contribution in [-0.4, -0.2) is 72.6 Å². The monoisotopic (exact) mass is 526 g/mol. The highest BCUT2D eigenvalue weighted by atomic mass is 19.2. The number of carbonyl (C=O) groups excluding carboxylic acids is 2. The smallest absolute Gasteiger partial charge is 0.322 e. The van der Waals surface area contributed by atoms with E-state index in [1.165, 1.54) is 11.0 Å². The third-order valence-corrected chi connectivity index (χ3v) is 6.29. The number of carbonyl (C=O) groups is 2. The van der Waals surface area contributed by atoms with E-state index in [1.807, 2.05) is 30.3 Å². The van der Waals surface area contributed by atoms with Crippen molar-refractivity contribution < 1.29 is 27.5 Å². The quantitative estimate of drug-likeness (QED) is 0.402. The highest BCUT2D eigenvalue weighted by molar-refractivity contribution is 5.92. The van der Waals surface area contributed by atoms with Gasteiger partial charge in [-0.25, -0.2) is 13.6 Å². The number of urea groups is 1. The molecule has 1 aliphatic rings. The molecule has 1 N–H and O–H groups in total. The molecule has 2 aromatic carbocycles. The highest BCUT2D eigenvalue weighted by Crippen LogP contribution is 2.15. The number of amides is 3. The molecule has 1 saturated heterocycles. The standard InChI is InChI=1S/C28H32F2N4O4/c29-25-10-9-23(18-26(25)30)31-28(36)33(12-5-11-32-13-16-37-17-14-32)21-27(35)34(20-24-8-4-15-38-24)19-22-6-2-1-3-7-22/h1-4,6-10,15,18H,5,11-14,16-17,19-21H2,(H,31,36). The van der Waals surface area contributed by atoms with Crippen LogP contribution in [0.4, 0.5) is 19.3 Å². The maximum absolute atomic E-state index is 13.7. The molecule has 1 aliphatic heterocycles. The summed E-state index contributed by atoms with van der Waals surface area (Å²) in [5, 5.41) is 2.60. The van der Waals surface area contributed by atoms with E-state index < -0.39 is 17.7 Å². The fraction of sp³-hybridized carbons (Fsp3) is 0.357. The Labute approximate surface area is 220 Å². The van der Waals surface area contributed by atoms with E-state index in [4.69, 9.17) is 9.15 Å². The van der Waals surface area contributed by atoms with Crippen LogP contribution in [-0.2, 0) is 22.6 Å². The molecule has 0 atom stereocenters. The zero-order valence-corrected chi connectivity index (χ0v) is 21.2. The van der Waals surface area contributed by atoms with Crippen molar-refractivity contribution in [2.24, 2.45) is 0 Å². The molecular formula is C28H32F2N4O4. The average Bonchev–Trinajstić information content (AvgIpc) is 3.44. The van der Waals surface area contributed by atoms with Crippen molar-refractivity contribution in [1.29, 1.82) is 0 Å². The summed E-state index contributed by atoms with van der Waals surface area (Å²) in [5.41, 5.74) is 1.05. The van der Waals surface area contributed by atoms with Crippen LogP contribution >= 0.6 is 0 Å². The Balaban J connectivity index is 1.46. The molecule has 0 bridgehead atoms. The SMILES string of the molecule is O=C(CN(CCCN1CCOCC1)C(=O)Nc1ccc(F)c(F)c1)N(Cc1ccccc1)Cc1ccco1. The summed E-state index contributed by atoms with van der Waals surface area (Å²) in [6.07, 6.45) is 2.18. The number of nitrogens with zero attached hydrogens (tertiary/aromatic N) is 3. The first-order valence-corrected chi connectivity index (χ1v) is 12.6. The fourth-order valence-electron chi connectivity index (χ4n) is 4.23. The van der Waals surface area contributed by atoms with E-state index in [0.29, 0.717) is 38.5 Å². The third-order valence-electron chi connectivity index (χ3n) is 6.29. The molecule has 3 aromatic rings. The molecule has 0 radical (unpaired) electrons. The van der Waals surface area contributed by atoms with Gasteiger partial charge in [-0.1, -0.05) is 30.3 Å². The van der Waals surface area contributed by atoms with Gasteiger partial charge in [0.05, 0.1) is 26.0 Å². The largest absolute Gasteiger partial charge is 0.467 e. The van der Waals surface area contributed by atoms with Crippen LogP contribution < -0.4 is 5.32 Å². The summed E-state index contributed by atoms with van der Waals surface area (Å²) in [6, 6.07) is 15.7. The molecule has 202 valence electrons. The Morgan fingerprint density at radius 1 is 0.921 bits per heavy atom. The Bertz CT molecular complexity index is 1170. The lowest BCUT2D eigenvalue weighted by atomic mass is 10.2. The van der Waals surface area contributed by atoms with Crippen molar-refractivity contribution in [1.82, 2.24) is 14.7 Å². The Kier molecular flexibility index (Phi) is 9.83. The van der Waals surface area contributed by atoms with Crippen LogP contribution in [0.25, 0.3) is 0 Å². The number of rotatable bonds is 11. The molecular weight excluding hydrogens is 494 g/mol. The second-order valence-electron chi connectivity index (χ2n) is 9.10. The van der Waals surface area contributed by atoms with Crippen molar-refractivity contribution in [3.63, 3.8) is 0 Å². The summed E-state index contributed by atoms with van der Waals surface area (Å²) in [7, 11) is 0. The van der Waals surface area contributed by atoms with Crippen LogP contribution in [0.2, 0.25) is 0 Å². The molecule has 10 heteroatoms. The first-order valence-electron chi connectivity index (χ1n) is 12.6. The van der Waals surface area contributed by atoms with Gasteiger partial charge >= 0.3 is 6.03 Å². The third kappa shape index (κ3) is 8.12. The summed E-state index contributed by atoms with van der Waals surface area (Å²) in [5.74, 6) is -1.71. The number of morpholine rings is 1. The van der Waals surface area contributed by atoms with E-state index in [9.17, 15) is 18.4 Å². The van der Waals surface area contributed by atoms with Gasteiger partial charge in [0.1, 0.15) is 12.3 Å². The fourth-order valence-corrected chi connectivity index (χ4v) is 4.23. The molecule has 4 rings (SSSR count). The number of ether oxygens (including phenoxy) is 1. The van der Waals surface area contributed by atoms with E-state index >= 15 is 0 Å². The highest BCUT2D eigenvalue weighted by Gasteiger charge is 2.23. The second kappa shape index (κ2) is 13.7. The van der Waals surface area contributed by atoms with Crippen LogP contribution in [0.15, 0.2) is 71.3 Å². The Morgan fingerprint density at radius 2 is 1.71 bits per heavy atom. The van der Waals surface area contributed by atoms with Gasteiger partial charge in [0.2, 0.25) is 5.91 Å². The first kappa shape index (κ1) is 27.3. The lowest BCUT2D eigenvalue weighted by Crippen LogP contribution is -2.45. The van der Waals surface area contributed by atoms with Gasteiger partial charge in [0, 0.05) is 44.5 Å². The van der Waals surface area contributed by atoms with E-state index in [0.717, 1.165) is 37.3 Å². The zero-order chi connectivity index (χ0) is 26.7. The second-order valence-corrected chi connectivity index (χ2v) is 9.10. The predicted molar refractivity (Wildman–Crippen MR) is 138 cm³/mol. The maximum Gasteiger partial charge on any atom is 0.322 e. The number of hydrogen-bond acceptors (Lipinski definition) is 5. The van der Waals surface area contributed by atoms with Gasteiger partial charge in [0.15, 0.2) is 11.6 Å². The lowest BCUT2D eigenvalue weighted by Gasteiger charge is -2.30. The summed E-state index contributed by atoms with van der Waals surface area (Å²) >= 11 is 0. The number of hydrogen-bond donors (Lipinski definition) is 1. The van der Waals surface area contributed by atoms with Crippen LogP contribution in [0.3, 0.4) is 0 Å². The van der Waals surface area contributed by atoms with E-state index in [2.05, 4.69) is 10.2 Å². The molecule has 38 heavy (non-hydrogen) atoms. The molecule has 3 amide bonds. The molecule has 0 spiro atoms. The van der Waals surface area contributed by atoms with Crippen molar-refractivity contribution in [3.8, 4) is 0 Å². The van der Waals surface area contributed by atoms with Crippen LogP contribution in [0, 0.1) is 11.6 Å². The van der Waals surface area contributed by atoms with Gasteiger partial charge in [-0.05, 0) is 36.2 Å². The minimum atomic E-state index is -1.06. The number of benzene rings is 2. The molecule has 8 nitrogen and oxygen atoms in total. The topological polar surface area (TPSA) is 78.3 Å². The lowest BCUT2D eigenvalue weighted by molar-refractivity contribution is -0.133. The van der Waals surface area contributed by atoms with Gasteiger partial charge in [0.25, 0.3) is 0 Å². The predicted octanol–water partition coefficient (Wildman–Crippen LogP) is 4.34. The summed E-state index contributed by atoms with van der Waals surface area (Å²) in [6.45, 7) is 4.40. The van der Waals surface area contributed by atoms with Gasteiger partial charge < -0.3 is 24.3 Å². The van der Waals surface area contributed by atoms with Crippen molar-refractivity contribution in [2.75, 3.05) is 51.3 Å². The van der Waals surface area contributed by atoms with Gasteiger partial charge in [-0.2, -0.15) is 0 Å². The number of anilines is 1. The Morgan fingerprint density at radius 3 is 2.42 bits per heavy atom. The number of furan rings is 1. The molecule has 2 heterocycles. The normalized spacial score (nSPS) is 13.7. The van der Waals surface area contributed by atoms with Crippen LogP contribution in [0.5, 0.6) is 0 Å². The van der Waals surface area contributed by atoms with Crippen molar-refractivity contribution in [2.45, 2.75) is 19.5 Å². The van der Waals surface area contributed by atoms with Crippen LogP contribution in [0.1, 0.15) is 17.7 Å². The molecule has 0 unspecified atom stereocenters. The summed E-state index contributed by atoms with van der Waals surface area (Å²) in [4.78, 5) is 32.0. The van der Waals surface area contributed by atoms with E-state index in [-0.39, 0.29) is 24.7 Å². The van der Waals surface area contributed by atoms with E-state index in [1.54, 1.807) is 23.3 Å². The number of halogens is 2. The number of nitrogens with one attached hydrogen (secondary N) is 1. The maximum atomic E-state index is 13.7. The first-order chi connectivity index (χ1) is 18.5. The van der Waals surface area contributed by atoms with Crippen molar-refractivity contribution in [3.05, 3.63) is 89.9 Å². The minimum absolute atomic E-state index is 0.108. The molecule has 1 fully saturated rings. The van der Waals surface area contributed by atoms with Gasteiger partial charge in [-0.15, -0.1) is 0 Å². The molecule has 1 aromatic heterocycles. The Hall–Kier alpha value is -3.76. The zero-order valence-electron chi connectivity index (χ0n) is 21.2. The van der Waals surface area contributed by atoms with Crippen molar-refractivity contribution >= 4 is 17.6 Å². The molecule has 0 aliphatic carbocycles. The summed E-state index contributed by atoms with van der Waals surface area (Å²) < 4.78 is 37.9. The minimum Gasteiger partial charge on any atom is -0.467 e. The average molecular weight is 527 g/mol.